The zero-order chi connectivity index (χ0) is 18.1. The summed E-state index contributed by atoms with van der Waals surface area (Å²) >= 11 is 0. The predicted octanol–water partition coefficient (Wildman–Crippen LogP) is 2.10. The van der Waals surface area contributed by atoms with Crippen molar-refractivity contribution < 1.29 is 4.79 Å². The van der Waals surface area contributed by atoms with Crippen LogP contribution >= 0.6 is 0 Å². The van der Waals surface area contributed by atoms with Gasteiger partial charge in [0.05, 0.1) is 0 Å². The smallest absolute Gasteiger partial charge is 0.315 e. The number of hydrogen-bond acceptors (Lipinski definition) is 4. The average molecular weight is 354 g/mol. The van der Waals surface area contributed by atoms with Crippen LogP contribution in [0.3, 0.4) is 0 Å². The minimum atomic E-state index is 0.0253. The number of hydrogen-bond donors (Lipinski definition) is 5. The zero-order valence-electron chi connectivity index (χ0n) is 15.7. The molecule has 3 aliphatic carbocycles. The first-order valence-electron chi connectivity index (χ1n) is 10.4. The maximum Gasteiger partial charge on any atom is 0.315 e. The lowest BCUT2D eigenvalue weighted by Gasteiger charge is -2.28. The molecule has 0 unspecified atom stereocenters. The van der Waals surface area contributed by atoms with Gasteiger partial charge in [0.1, 0.15) is 0 Å². The van der Waals surface area contributed by atoms with Crippen LogP contribution in [0.1, 0.15) is 83.5 Å². The van der Waals surface area contributed by atoms with E-state index in [-0.39, 0.29) is 6.03 Å². The van der Waals surface area contributed by atoms with Crippen LogP contribution in [0.15, 0.2) is 0 Å². The van der Waals surface area contributed by atoms with Crippen LogP contribution < -0.4 is 27.8 Å². The number of nitrogens with one attached hydrogen (secondary N) is 2. The molecule has 3 aliphatic rings. The van der Waals surface area contributed by atoms with Gasteiger partial charge in [-0.2, -0.15) is 0 Å². The summed E-state index contributed by atoms with van der Waals surface area (Å²) in [6.45, 7) is 0. The molecular weight excluding hydrogens is 314 g/mol. The van der Waals surface area contributed by atoms with Crippen molar-refractivity contribution in [3.63, 3.8) is 0 Å². The van der Waals surface area contributed by atoms with E-state index in [9.17, 15) is 4.79 Å². The quantitative estimate of drug-likeness (QED) is 0.522. The van der Waals surface area contributed by atoms with Gasteiger partial charge in [0.15, 0.2) is 0 Å². The number of rotatable bonds is 2. The minimum Gasteiger partial charge on any atom is -0.335 e. The summed E-state index contributed by atoms with van der Waals surface area (Å²) in [5.41, 5.74) is 17.1. The Morgan fingerprint density at radius 2 is 0.920 bits per heavy atom. The second-order valence-electron chi connectivity index (χ2n) is 8.24. The van der Waals surface area contributed by atoms with Gasteiger partial charge in [-0.25, -0.2) is 4.79 Å². The van der Waals surface area contributed by atoms with Gasteiger partial charge < -0.3 is 27.8 Å². The highest BCUT2D eigenvalue weighted by molar-refractivity contribution is 5.74. The molecule has 0 aromatic heterocycles. The molecule has 0 atom stereocenters. The molecule has 0 saturated heterocycles. The van der Waals surface area contributed by atoms with Gasteiger partial charge in [0.25, 0.3) is 0 Å². The predicted molar refractivity (Wildman–Crippen MR) is 103 cm³/mol. The Hall–Kier alpha value is -0.850. The lowest BCUT2D eigenvalue weighted by Crippen LogP contribution is -2.48. The summed E-state index contributed by atoms with van der Waals surface area (Å²) in [7, 11) is 0. The first-order chi connectivity index (χ1) is 12.0. The molecule has 25 heavy (non-hydrogen) atoms. The van der Waals surface area contributed by atoms with E-state index in [1.807, 2.05) is 0 Å². The standard InChI is InChI=1S/C13H25N3O.C6H14N2/c14-10-6-8-12(9-7-10)16-13(17)15-11-4-2-1-3-5-11;7-5-1-2-6(8)4-3-5/h10-12H,1-9,14H2,(H2,15,16,17);5-6H,1-4,7-8H2/t10-,12-;5-,6-. The van der Waals surface area contributed by atoms with Gasteiger partial charge in [0.2, 0.25) is 0 Å². The molecule has 0 heterocycles. The van der Waals surface area contributed by atoms with E-state index in [4.69, 9.17) is 17.2 Å². The van der Waals surface area contributed by atoms with Gasteiger partial charge in [0, 0.05) is 30.2 Å². The van der Waals surface area contributed by atoms with E-state index in [2.05, 4.69) is 10.6 Å². The summed E-state index contributed by atoms with van der Waals surface area (Å²) in [5, 5.41) is 6.18. The molecular formula is C19H39N5O. The van der Waals surface area contributed by atoms with Crippen molar-refractivity contribution in [2.45, 2.75) is 114 Å². The van der Waals surface area contributed by atoms with Crippen LogP contribution in [0.2, 0.25) is 0 Å². The SMILES string of the molecule is N[C@H]1CC[C@H](N)CC1.N[C@H]1CC[C@H](NC(=O)NC2CCCCC2)CC1. The lowest BCUT2D eigenvalue weighted by molar-refractivity contribution is 0.223. The van der Waals surface area contributed by atoms with Crippen LogP contribution in [0.5, 0.6) is 0 Å². The van der Waals surface area contributed by atoms with Gasteiger partial charge in [-0.3, -0.25) is 0 Å². The molecule has 146 valence electrons. The summed E-state index contributed by atoms with van der Waals surface area (Å²) in [4.78, 5) is 11.8. The van der Waals surface area contributed by atoms with Crippen LogP contribution in [-0.2, 0) is 0 Å². The Labute approximate surface area is 153 Å². The van der Waals surface area contributed by atoms with Crippen molar-refractivity contribution in [1.82, 2.24) is 10.6 Å². The van der Waals surface area contributed by atoms with Crippen molar-refractivity contribution >= 4 is 6.03 Å². The number of carbonyl (C=O) groups is 1. The fourth-order valence-electron chi connectivity index (χ4n) is 4.07. The number of urea groups is 1. The Morgan fingerprint density at radius 3 is 1.36 bits per heavy atom. The monoisotopic (exact) mass is 353 g/mol. The highest BCUT2D eigenvalue weighted by Gasteiger charge is 2.21. The number of nitrogens with two attached hydrogens (primary N) is 3. The van der Waals surface area contributed by atoms with Crippen LogP contribution in [-0.4, -0.2) is 36.2 Å². The molecule has 0 radical (unpaired) electrons. The first kappa shape index (κ1) is 20.5. The topological polar surface area (TPSA) is 119 Å². The maximum atomic E-state index is 11.8. The largest absolute Gasteiger partial charge is 0.335 e. The van der Waals surface area contributed by atoms with Crippen LogP contribution in [0, 0.1) is 0 Å². The third-order valence-electron chi connectivity index (χ3n) is 5.86. The fraction of sp³-hybridized carbons (Fsp3) is 0.947. The van der Waals surface area contributed by atoms with Gasteiger partial charge in [-0.15, -0.1) is 0 Å². The molecule has 0 bridgehead atoms. The summed E-state index contributed by atoms with van der Waals surface area (Å²) in [6.07, 6.45) is 14.7. The van der Waals surface area contributed by atoms with Crippen LogP contribution in [0.4, 0.5) is 4.79 Å². The summed E-state index contributed by atoms with van der Waals surface area (Å²) in [5.74, 6) is 0. The van der Waals surface area contributed by atoms with Gasteiger partial charge in [-0.1, -0.05) is 19.3 Å². The molecule has 3 fully saturated rings. The molecule has 3 saturated carbocycles. The normalized spacial score (nSPS) is 33.7. The molecule has 6 heteroatoms. The van der Waals surface area contributed by atoms with E-state index in [1.165, 1.54) is 19.3 Å². The average Bonchev–Trinajstić information content (AvgIpc) is 2.61. The molecule has 3 rings (SSSR count). The molecule has 6 nitrogen and oxygen atoms in total. The van der Waals surface area contributed by atoms with Gasteiger partial charge in [-0.05, 0) is 64.2 Å². The number of amides is 2. The van der Waals surface area contributed by atoms with E-state index in [1.54, 1.807) is 0 Å². The molecule has 0 aromatic carbocycles. The molecule has 2 amide bonds. The third-order valence-corrected chi connectivity index (χ3v) is 5.86. The molecule has 0 spiro atoms. The Morgan fingerprint density at radius 1 is 0.560 bits per heavy atom. The first-order valence-corrected chi connectivity index (χ1v) is 10.4. The molecule has 0 aliphatic heterocycles. The van der Waals surface area contributed by atoms with E-state index < -0.39 is 0 Å². The highest BCUT2D eigenvalue weighted by atomic mass is 16.2. The highest BCUT2D eigenvalue weighted by Crippen LogP contribution is 2.19. The summed E-state index contributed by atoms with van der Waals surface area (Å²) in [6, 6.07) is 1.98. The van der Waals surface area contributed by atoms with Crippen molar-refractivity contribution in [1.29, 1.82) is 0 Å². The van der Waals surface area contributed by atoms with Crippen molar-refractivity contribution in [2.24, 2.45) is 17.2 Å². The molecule has 8 N–H and O–H groups in total. The Bertz CT molecular complexity index is 360. The Kier molecular flexibility index (Phi) is 8.99. The summed E-state index contributed by atoms with van der Waals surface area (Å²) < 4.78 is 0. The van der Waals surface area contributed by atoms with E-state index in [0.29, 0.717) is 30.2 Å². The molecule has 0 aromatic rings. The second-order valence-corrected chi connectivity index (χ2v) is 8.24. The van der Waals surface area contributed by atoms with Crippen molar-refractivity contribution in [3.05, 3.63) is 0 Å². The fourth-order valence-corrected chi connectivity index (χ4v) is 4.07. The lowest BCUT2D eigenvalue weighted by atomic mass is 9.92. The maximum absolute atomic E-state index is 11.8. The van der Waals surface area contributed by atoms with E-state index in [0.717, 1.165) is 64.2 Å². The van der Waals surface area contributed by atoms with Crippen LogP contribution in [0.25, 0.3) is 0 Å². The Balaban J connectivity index is 0.000000236. The second kappa shape index (κ2) is 11.0. The van der Waals surface area contributed by atoms with E-state index >= 15 is 0 Å². The zero-order valence-corrected chi connectivity index (χ0v) is 15.7. The van der Waals surface area contributed by atoms with Crippen molar-refractivity contribution in [2.75, 3.05) is 0 Å². The van der Waals surface area contributed by atoms with Crippen molar-refractivity contribution in [3.8, 4) is 0 Å². The minimum absolute atomic E-state index is 0.0253. The third kappa shape index (κ3) is 8.38. The number of carbonyl (C=O) groups excluding carboxylic acids is 1. The van der Waals surface area contributed by atoms with Gasteiger partial charge >= 0.3 is 6.03 Å².